The molecule has 4 nitrogen and oxygen atoms in total. The summed E-state index contributed by atoms with van der Waals surface area (Å²) in [6.45, 7) is 9.61. The van der Waals surface area contributed by atoms with Crippen LogP contribution in [-0.2, 0) is 4.79 Å². The van der Waals surface area contributed by atoms with E-state index < -0.39 is 0 Å². The van der Waals surface area contributed by atoms with Gasteiger partial charge in [0.2, 0.25) is 5.91 Å². The normalized spacial score (nSPS) is 11.1. The van der Waals surface area contributed by atoms with E-state index in [2.05, 4.69) is 34.1 Å². The van der Waals surface area contributed by atoms with Crippen molar-refractivity contribution in [3.8, 4) is 0 Å². The lowest BCUT2D eigenvalue weighted by atomic mass is 10.2. The van der Waals surface area contributed by atoms with Crippen LogP contribution in [0.1, 0.15) is 34.6 Å². The van der Waals surface area contributed by atoms with Gasteiger partial charge in [-0.2, -0.15) is 0 Å². The highest BCUT2D eigenvalue weighted by molar-refractivity contribution is 7.99. The highest BCUT2D eigenvalue weighted by atomic mass is 32.2. The number of anilines is 4. The third kappa shape index (κ3) is 4.98. The fourth-order valence-electron chi connectivity index (χ4n) is 2.68. The molecule has 148 valence electrons. The maximum atomic E-state index is 12.3. The van der Waals surface area contributed by atoms with Crippen molar-refractivity contribution in [3.63, 3.8) is 0 Å². The van der Waals surface area contributed by atoms with Gasteiger partial charge < -0.3 is 9.80 Å². The summed E-state index contributed by atoms with van der Waals surface area (Å²) in [6, 6.07) is 12.4. The summed E-state index contributed by atoms with van der Waals surface area (Å²) in [5, 5.41) is 0. The molecule has 27 heavy (non-hydrogen) atoms. The van der Waals surface area contributed by atoms with Crippen LogP contribution in [0.4, 0.5) is 22.7 Å². The van der Waals surface area contributed by atoms with Crippen LogP contribution in [0.3, 0.4) is 0 Å². The van der Waals surface area contributed by atoms with E-state index in [-0.39, 0.29) is 5.91 Å². The van der Waals surface area contributed by atoms with Crippen LogP contribution in [-0.4, -0.2) is 34.1 Å². The molecule has 1 aliphatic rings. The number of rotatable bonds is 2. The Kier molecular flexibility index (Phi) is 8.70. The third-order valence-electron chi connectivity index (χ3n) is 3.94. The summed E-state index contributed by atoms with van der Waals surface area (Å²) in [5.41, 5.74) is 4.18. The molecule has 2 aromatic carbocycles. The number of carbonyl (C=O) groups is 1. The second-order valence-electron chi connectivity index (χ2n) is 6.05. The summed E-state index contributed by atoms with van der Waals surface area (Å²) < 4.78 is 0. The monoisotopic (exact) mass is 387 g/mol. The Bertz CT molecular complexity index is 715. The standard InChI is InChI=1S/C18H21N3OS.2C2H6/c1-12(22)21-15-8-6-13(19(2)3)10-17(15)23-18-11-14(20(4)5)7-9-16(18)21;2*1-2/h6-11H,1-5H3;2*1-2H3. The molecular formula is C22H33N3OS. The van der Waals surface area contributed by atoms with Gasteiger partial charge in [0.15, 0.2) is 0 Å². The SMILES string of the molecule is CC.CC.CC(=O)N1c2ccc(N(C)C)cc2Sc2cc(N(C)C)ccc21. The van der Waals surface area contributed by atoms with Crippen molar-refractivity contribution in [2.45, 2.75) is 44.4 Å². The average molecular weight is 388 g/mol. The molecule has 0 saturated heterocycles. The van der Waals surface area contributed by atoms with Crippen molar-refractivity contribution in [2.75, 3.05) is 42.9 Å². The largest absolute Gasteiger partial charge is 0.378 e. The molecule has 1 aliphatic heterocycles. The molecule has 0 atom stereocenters. The first-order valence-electron chi connectivity index (χ1n) is 9.50. The van der Waals surface area contributed by atoms with Crippen LogP contribution in [0.25, 0.3) is 0 Å². The number of hydrogen-bond donors (Lipinski definition) is 0. The quantitative estimate of drug-likeness (QED) is 0.629. The highest BCUT2D eigenvalue weighted by Crippen LogP contribution is 2.50. The number of carbonyl (C=O) groups excluding carboxylic acids is 1. The second kappa shape index (κ2) is 10.3. The molecule has 3 rings (SSSR count). The minimum absolute atomic E-state index is 0.0306. The van der Waals surface area contributed by atoms with Crippen molar-refractivity contribution in [1.29, 1.82) is 0 Å². The zero-order chi connectivity index (χ0) is 20.7. The molecule has 5 heteroatoms. The van der Waals surface area contributed by atoms with Gasteiger partial charge in [0.25, 0.3) is 0 Å². The number of nitrogens with zero attached hydrogens (tertiary/aromatic N) is 3. The predicted octanol–water partition coefficient (Wildman–Crippen LogP) is 6.02. The Morgan fingerprint density at radius 3 is 1.44 bits per heavy atom. The molecule has 2 aromatic rings. The van der Waals surface area contributed by atoms with Crippen LogP contribution in [0.5, 0.6) is 0 Å². The van der Waals surface area contributed by atoms with E-state index in [4.69, 9.17) is 0 Å². The summed E-state index contributed by atoms with van der Waals surface area (Å²) >= 11 is 1.72. The van der Waals surface area contributed by atoms with Gasteiger partial charge in [-0.1, -0.05) is 39.5 Å². The second-order valence-corrected chi connectivity index (χ2v) is 7.13. The van der Waals surface area contributed by atoms with Crippen molar-refractivity contribution < 1.29 is 4.79 Å². The molecular weight excluding hydrogens is 354 g/mol. The van der Waals surface area contributed by atoms with Crippen LogP contribution >= 0.6 is 11.8 Å². The first-order chi connectivity index (χ1) is 12.9. The van der Waals surface area contributed by atoms with Gasteiger partial charge in [-0.15, -0.1) is 0 Å². The maximum Gasteiger partial charge on any atom is 0.228 e. The minimum Gasteiger partial charge on any atom is -0.378 e. The van der Waals surface area contributed by atoms with Crippen molar-refractivity contribution in [2.24, 2.45) is 0 Å². The minimum atomic E-state index is 0.0306. The fraction of sp³-hybridized carbons (Fsp3) is 0.409. The summed E-state index contributed by atoms with van der Waals surface area (Å²) in [4.78, 5) is 20.4. The summed E-state index contributed by atoms with van der Waals surface area (Å²) in [5.74, 6) is 0.0306. The van der Waals surface area contributed by atoms with E-state index >= 15 is 0 Å². The Labute approximate surface area is 169 Å². The van der Waals surface area contributed by atoms with Gasteiger partial charge in [-0.3, -0.25) is 9.69 Å². The molecule has 0 N–H and O–H groups in total. The molecule has 1 amide bonds. The van der Waals surface area contributed by atoms with Crippen molar-refractivity contribution in [1.82, 2.24) is 0 Å². The topological polar surface area (TPSA) is 26.8 Å². The fourth-order valence-corrected chi connectivity index (χ4v) is 3.81. The van der Waals surface area contributed by atoms with E-state index in [0.29, 0.717) is 0 Å². The van der Waals surface area contributed by atoms with Gasteiger partial charge in [-0.05, 0) is 36.4 Å². The van der Waals surface area contributed by atoms with E-state index in [1.807, 2.05) is 68.0 Å². The predicted molar refractivity (Wildman–Crippen MR) is 121 cm³/mol. The van der Waals surface area contributed by atoms with Gasteiger partial charge >= 0.3 is 0 Å². The number of amides is 1. The lowest BCUT2D eigenvalue weighted by molar-refractivity contribution is -0.115. The zero-order valence-corrected chi connectivity index (χ0v) is 18.9. The smallest absolute Gasteiger partial charge is 0.228 e. The summed E-state index contributed by atoms with van der Waals surface area (Å²) in [7, 11) is 8.10. The maximum absolute atomic E-state index is 12.3. The first kappa shape index (κ1) is 22.9. The molecule has 0 unspecified atom stereocenters. The summed E-state index contributed by atoms with van der Waals surface area (Å²) in [6.07, 6.45) is 0. The molecule has 0 aromatic heterocycles. The van der Waals surface area contributed by atoms with Gasteiger partial charge in [0.05, 0.1) is 11.4 Å². The average Bonchev–Trinajstić information content (AvgIpc) is 2.67. The number of fused-ring (bicyclic) bond motifs is 2. The molecule has 0 fully saturated rings. The van der Waals surface area contributed by atoms with Crippen LogP contribution in [0.15, 0.2) is 46.2 Å². The van der Waals surface area contributed by atoms with Gasteiger partial charge in [-0.25, -0.2) is 0 Å². The molecule has 0 saturated carbocycles. The van der Waals surface area contributed by atoms with Crippen LogP contribution in [0, 0.1) is 0 Å². The molecule has 1 heterocycles. The van der Waals surface area contributed by atoms with E-state index in [1.54, 1.807) is 23.6 Å². The number of hydrogen-bond acceptors (Lipinski definition) is 4. The van der Waals surface area contributed by atoms with Gasteiger partial charge in [0, 0.05) is 56.3 Å². The Hall–Kier alpha value is -2.14. The Morgan fingerprint density at radius 1 is 0.778 bits per heavy atom. The van der Waals surface area contributed by atoms with Crippen molar-refractivity contribution >= 4 is 40.4 Å². The highest BCUT2D eigenvalue weighted by Gasteiger charge is 2.27. The number of benzene rings is 2. The lowest BCUT2D eigenvalue weighted by Crippen LogP contribution is -2.26. The van der Waals surface area contributed by atoms with Crippen LogP contribution in [0.2, 0.25) is 0 Å². The van der Waals surface area contributed by atoms with E-state index in [9.17, 15) is 4.79 Å². The lowest BCUT2D eigenvalue weighted by Gasteiger charge is -2.32. The van der Waals surface area contributed by atoms with E-state index in [1.165, 1.54) is 0 Å². The molecule has 0 aliphatic carbocycles. The molecule has 0 spiro atoms. The first-order valence-corrected chi connectivity index (χ1v) is 10.3. The zero-order valence-electron chi connectivity index (χ0n) is 18.1. The Balaban J connectivity index is 0.000000855. The third-order valence-corrected chi connectivity index (χ3v) is 5.03. The molecule has 0 radical (unpaired) electrons. The van der Waals surface area contributed by atoms with E-state index in [0.717, 1.165) is 32.5 Å². The molecule has 0 bridgehead atoms. The van der Waals surface area contributed by atoms with Crippen LogP contribution < -0.4 is 14.7 Å². The Morgan fingerprint density at radius 2 is 1.15 bits per heavy atom. The van der Waals surface area contributed by atoms with Gasteiger partial charge in [0.1, 0.15) is 0 Å². The van der Waals surface area contributed by atoms with Crippen molar-refractivity contribution in [3.05, 3.63) is 36.4 Å².